The second kappa shape index (κ2) is 6.46. The first-order valence-electron chi connectivity index (χ1n) is 7.74. The highest BCUT2D eigenvalue weighted by Gasteiger charge is 2.38. The number of hydrogen-bond acceptors (Lipinski definition) is 4. The highest BCUT2D eigenvalue weighted by molar-refractivity contribution is 8.01. The molecule has 2 atom stereocenters. The summed E-state index contributed by atoms with van der Waals surface area (Å²) in [5, 5.41) is 3.40. The molecule has 2 rings (SSSR count). The van der Waals surface area contributed by atoms with Crippen LogP contribution in [0.1, 0.15) is 47.0 Å². The van der Waals surface area contributed by atoms with Gasteiger partial charge in [-0.1, -0.05) is 6.92 Å². The number of piperidine rings is 1. The highest BCUT2D eigenvalue weighted by atomic mass is 32.2. The van der Waals surface area contributed by atoms with Gasteiger partial charge < -0.3 is 15.0 Å². The zero-order chi connectivity index (χ0) is 15.6. The predicted octanol–water partition coefficient (Wildman–Crippen LogP) is 2.60. The number of likely N-dealkylation sites (tertiary alicyclic amines) is 1. The Labute approximate surface area is 131 Å². The van der Waals surface area contributed by atoms with Gasteiger partial charge in [-0.3, -0.25) is 4.79 Å². The first-order valence-corrected chi connectivity index (χ1v) is 8.68. The number of hydrogen-bond donors (Lipinski definition) is 1. The van der Waals surface area contributed by atoms with Crippen molar-refractivity contribution in [2.24, 2.45) is 5.92 Å². The molecule has 1 N–H and O–H groups in total. The smallest absolute Gasteiger partial charge is 0.410 e. The second-order valence-electron chi connectivity index (χ2n) is 6.77. The van der Waals surface area contributed by atoms with E-state index in [0.717, 1.165) is 19.3 Å². The van der Waals surface area contributed by atoms with E-state index in [9.17, 15) is 9.59 Å². The standard InChI is InChI=1S/C15H26N2O3S/c1-5-11-12(18)16-13(21-11)10-6-8-17(9-7-10)14(19)20-15(2,3)4/h10-11,13H,5-9H2,1-4H3,(H,16,18). The molecule has 2 aliphatic rings. The average molecular weight is 314 g/mol. The maximum Gasteiger partial charge on any atom is 0.410 e. The molecule has 2 aliphatic heterocycles. The normalized spacial score (nSPS) is 27.6. The Hall–Kier alpha value is -0.910. The number of carbonyl (C=O) groups is 2. The third kappa shape index (κ3) is 4.28. The van der Waals surface area contributed by atoms with Gasteiger partial charge >= 0.3 is 6.09 Å². The quantitative estimate of drug-likeness (QED) is 0.851. The molecule has 0 radical (unpaired) electrons. The summed E-state index contributed by atoms with van der Waals surface area (Å²) < 4.78 is 5.40. The summed E-state index contributed by atoms with van der Waals surface area (Å²) in [6.07, 6.45) is 2.50. The van der Waals surface area contributed by atoms with Gasteiger partial charge in [-0.15, -0.1) is 11.8 Å². The fraction of sp³-hybridized carbons (Fsp3) is 0.867. The van der Waals surface area contributed by atoms with Crippen molar-refractivity contribution in [3.05, 3.63) is 0 Å². The van der Waals surface area contributed by atoms with Crippen molar-refractivity contribution in [2.45, 2.75) is 63.2 Å². The lowest BCUT2D eigenvalue weighted by molar-refractivity contribution is -0.120. The molecule has 2 saturated heterocycles. The third-order valence-electron chi connectivity index (χ3n) is 3.88. The zero-order valence-electron chi connectivity index (χ0n) is 13.3. The van der Waals surface area contributed by atoms with Crippen LogP contribution >= 0.6 is 11.8 Å². The molecule has 120 valence electrons. The van der Waals surface area contributed by atoms with E-state index in [1.54, 1.807) is 16.7 Å². The Balaban J connectivity index is 1.81. The van der Waals surface area contributed by atoms with Crippen molar-refractivity contribution in [2.75, 3.05) is 13.1 Å². The third-order valence-corrected chi connectivity index (χ3v) is 5.55. The summed E-state index contributed by atoms with van der Waals surface area (Å²) in [4.78, 5) is 25.6. The van der Waals surface area contributed by atoms with E-state index >= 15 is 0 Å². The van der Waals surface area contributed by atoms with Crippen LogP contribution in [0.4, 0.5) is 4.79 Å². The largest absolute Gasteiger partial charge is 0.444 e. The molecular weight excluding hydrogens is 288 g/mol. The lowest BCUT2D eigenvalue weighted by Crippen LogP contribution is -2.45. The molecule has 0 aliphatic carbocycles. The van der Waals surface area contributed by atoms with Gasteiger partial charge in [-0.05, 0) is 46.0 Å². The number of amides is 2. The van der Waals surface area contributed by atoms with E-state index in [1.165, 1.54) is 0 Å². The highest BCUT2D eigenvalue weighted by Crippen LogP contribution is 2.35. The van der Waals surface area contributed by atoms with Crippen molar-refractivity contribution < 1.29 is 14.3 Å². The minimum Gasteiger partial charge on any atom is -0.444 e. The summed E-state index contributed by atoms with van der Waals surface area (Å²) in [6.45, 7) is 9.12. The first kappa shape index (κ1) is 16.5. The van der Waals surface area contributed by atoms with Crippen LogP contribution < -0.4 is 5.32 Å². The van der Waals surface area contributed by atoms with Crippen LogP contribution in [-0.2, 0) is 9.53 Å². The van der Waals surface area contributed by atoms with Gasteiger partial charge in [-0.25, -0.2) is 4.79 Å². The van der Waals surface area contributed by atoms with E-state index in [-0.39, 0.29) is 22.6 Å². The molecule has 2 amide bonds. The van der Waals surface area contributed by atoms with E-state index in [2.05, 4.69) is 5.32 Å². The Bertz CT molecular complexity index is 400. The fourth-order valence-corrected chi connectivity index (χ4v) is 4.14. The number of nitrogens with one attached hydrogen (secondary N) is 1. The minimum atomic E-state index is -0.447. The van der Waals surface area contributed by atoms with E-state index in [1.807, 2.05) is 27.7 Å². The van der Waals surface area contributed by atoms with Crippen LogP contribution in [0.5, 0.6) is 0 Å². The molecular formula is C15H26N2O3S. The van der Waals surface area contributed by atoms with Crippen LogP contribution in [-0.4, -0.2) is 46.2 Å². The number of carbonyl (C=O) groups excluding carboxylic acids is 2. The van der Waals surface area contributed by atoms with Gasteiger partial charge in [0.2, 0.25) is 5.91 Å². The van der Waals surface area contributed by atoms with Crippen molar-refractivity contribution in [1.82, 2.24) is 10.2 Å². The molecule has 5 nitrogen and oxygen atoms in total. The van der Waals surface area contributed by atoms with E-state index < -0.39 is 5.60 Å². The summed E-state index contributed by atoms with van der Waals surface area (Å²) >= 11 is 1.75. The maximum atomic E-state index is 12.0. The SMILES string of the molecule is CCC1SC(C2CCN(C(=O)OC(C)(C)C)CC2)NC1=O. The monoisotopic (exact) mass is 314 g/mol. The molecule has 2 heterocycles. The first-order chi connectivity index (χ1) is 9.80. The van der Waals surface area contributed by atoms with Crippen molar-refractivity contribution in [3.8, 4) is 0 Å². The Morgan fingerprint density at radius 2 is 2.00 bits per heavy atom. The van der Waals surface area contributed by atoms with Gasteiger partial charge in [0.1, 0.15) is 5.60 Å². The molecule has 0 bridgehead atoms. The Kier molecular flexibility index (Phi) is 5.07. The fourth-order valence-electron chi connectivity index (χ4n) is 2.73. The van der Waals surface area contributed by atoms with Gasteiger partial charge in [0.15, 0.2) is 0 Å². The Morgan fingerprint density at radius 3 is 2.48 bits per heavy atom. The van der Waals surface area contributed by atoms with E-state index in [4.69, 9.17) is 4.74 Å². The van der Waals surface area contributed by atoms with Crippen LogP contribution in [0.2, 0.25) is 0 Å². The average Bonchev–Trinajstić information content (AvgIpc) is 2.78. The van der Waals surface area contributed by atoms with Crippen LogP contribution in [0, 0.1) is 5.92 Å². The molecule has 0 aromatic rings. The number of ether oxygens (including phenoxy) is 1. The summed E-state index contributed by atoms with van der Waals surface area (Å²) in [5.74, 6) is 0.622. The van der Waals surface area contributed by atoms with Gasteiger partial charge in [-0.2, -0.15) is 0 Å². The maximum absolute atomic E-state index is 12.0. The van der Waals surface area contributed by atoms with Gasteiger partial charge in [0, 0.05) is 13.1 Å². The lowest BCUT2D eigenvalue weighted by atomic mass is 9.96. The van der Waals surface area contributed by atoms with Gasteiger partial charge in [0.05, 0.1) is 10.6 Å². The van der Waals surface area contributed by atoms with Crippen LogP contribution in [0.25, 0.3) is 0 Å². The summed E-state index contributed by atoms with van der Waals surface area (Å²) in [7, 11) is 0. The number of rotatable bonds is 2. The lowest BCUT2D eigenvalue weighted by Gasteiger charge is -2.35. The zero-order valence-corrected chi connectivity index (χ0v) is 14.2. The molecule has 21 heavy (non-hydrogen) atoms. The van der Waals surface area contributed by atoms with Crippen LogP contribution in [0.15, 0.2) is 0 Å². The van der Waals surface area contributed by atoms with Crippen molar-refractivity contribution >= 4 is 23.8 Å². The molecule has 0 spiro atoms. The number of nitrogens with zero attached hydrogens (tertiary/aromatic N) is 1. The topological polar surface area (TPSA) is 58.6 Å². The Morgan fingerprint density at radius 1 is 1.38 bits per heavy atom. The van der Waals surface area contributed by atoms with Crippen molar-refractivity contribution in [1.29, 1.82) is 0 Å². The van der Waals surface area contributed by atoms with E-state index in [0.29, 0.717) is 19.0 Å². The molecule has 6 heteroatoms. The predicted molar refractivity (Wildman–Crippen MR) is 84.1 cm³/mol. The summed E-state index contributed by atoms with van der Waals surface area (Å²) in [6, 6.07) is 0. The molecule has 0 aromatic carbocycles. The molecule has 0 aromatic heterocycles. The summed E-state index contributed by atoms with van der Waals surface area (Å²) in [5.41, 5.74) is -0.447. The minimum absolute atomic E-state index is 0.0962. The van der Waals surface area contributed by atoms with Crippen molar-refractivity contribution in [3.63, 3.8) is 0 Å². The number of thioether (sulfide) groups is 1. The second-order valence-corrected chi connectivity index (χ2v) is 8.12. The van der Waals surface area contributed by atoms with Gasteiger partial charge in [0.25, 0.3) is 0 Å². The van der Waals surface area contributed by atoms with Crippen LogP contribution in [0.3, 0.4) is 0 Å². The molecule has 2 fully saturated rings. The molecule has 2 unspecified atom stereocenters. The molecule has 0 saturated carbocycles.